The number of nitrogens with zero attached hydrogens (tertiary/aromatic N) is 4. The first-order chi connectivity index (χ1) is 30.6. The van der Waals surface area contributed by atoms with Crippen molar-refractivity contribution in [2.24, 2.45) is 11.3 Å². The van der Waals surface area contributed by atoms with E-state index in [1.807, 2.05) is 25.1 Å². The molecule has 0 spiro atoms. The topological polar surface area (TPSA) is 186 Å². The third-order valence-electron chi connectivity index (χ3n) is 13.0. The van der Waals surface area contributed by atoms with Crippen LogP contribution in [0.5, 0.6) is 5.75 Å². The van der Waals surface area contributed by atoms with E-state index in [0.29, 0.717) is 63.1 Å². The fraction of sp³-hybridized carbons (Fsp3) is 0.490. The minimum Gasteiger partial charge on any atom is -0.508 e. The maximum absolute atomic E-state index is 14.6. The van der Waals surface area contributed by atoms with Gasteiger partial charge in [-0.1, -0.05) is 38.1 Å². The number of amides is 3. The fourth-order valence-electron chi connectivity index (χ4n) is 9.19. The number of cyclic esters (lactones) is 1. The summed E-state index contributed by atoms with van der Waals surface area (Å²) >= 11 is 0. The van der Waals surface area contributed by atoms with Crippen molar-refractivity contribution >= 4 is 34.6 Å². The lowest BCUT2D eigenvalue weighted by atomic mass is 9.84. The number of aromatic hydroxyl groups is 1. The third kappa shape index (κ3) is 9.44. The number of phenolic OH excluding ortho intramolecular Hbond substituents is 1. The summed E-state index contributed by atoms with van der Waals surface area (Å²) in [7, 11) is 1.68. The van der Waals surface area contributed by atoms with Crippen LogP contribution in [0.4, 0.5) is 0 Å². The Labute approximate surface area is 374 Å². The maximum atomic E-state index is 14.6. The lowest BCUT2D eigenvalue weighted by molar-refractivity contribution is -0.155. The van der Waals surface area contributed by atoms with E-state index in [1.165, 1.54) is 5.01 Å². The van der Waals surface area contributed by atoms with E-state index in [0.717, 1.165) is 44.5 Å². The standard InChI is InChI=1S/C49H61N7O8/c1-8-55-42-14-13-31-21-36(42)37(44(55)35-11-9-15-50-43(35)29(4)62-7)22-49(5,6)27-64-48(61)39-12-10-16-56(53-39)47(60)40(19-30-17-32(31)20-33(57)18-30)52-45(58)38(28(2)3)26-63-34-24-54(25-34)46(59)41-23-51-41/h9,11,13-15,17-18,20-21,29,34,38-41,51,53,57H,2,8,10,12,16,19,22-27H2,1,3-7H3,(H,52,58)/t29-,38-,39-,40-,41+/m0/s1. The van der Waals surface area contributed by atoms with Crippen molar-refractivity contribution in [1.29, 1.82) is 0 Å². The average molecular weight is 876 g/mol. The van der Waals surface area contributed by atoms with Gasteiger partial charge in [0.15, 0.2) is 0 Å². The molecule has 5 atom stereocenters. The van der Waals surface area contributed by atoms with Crippen molar-refractivity contribution in [2.75, 3.05) is 46.5 Å². The van der Waals surface area contributed by atoms with Crippen molar-refractivity contribution in [2.45, 2.75) is 97.2 Å². The SMILES string of the molecule is C=C(C)[C@H](COC1CN(C(=O)[C@H]2CN2)C1)C(=O)N[C@H]1Cc2cc(O)cc(c2)-c2ccc3c(c2)c(c(-c2cccnc2[C@H](C)OC)n3CC)CC(C)(C)COC(=O)[C@@H]2CCCN(N2)C1=O. The highest BCUT2D eigenvalue weighted by atomic mass is 16.5. The summed E-state index contributed by atoms with van der Waals surface area (Å²) in [4.78, 5) is 61.6. The summed E-state index contributed by atoms with van der Waals surface area (Å²) in [5.74, 6) is -2.05. The number of carbonyl (C=O) groups excluding carboxylic acids is 4. The predicted octanol–water partition coefficient (Wildman–Crippen LogP) is 4.84. The molecule has 0 aliphatic carbocycles. The van der Waals surface area contributed by atoms with Crippen LogP contribution in [0.25, 0.3) is 33.3 Å². The van der Waals surface area contributed by atoms with E-state index in [2.05, 4.69) is 66.2 Å². The zero-order chi connectivity index (χ0) is 45.4. The molecule has 15 heteroatoms. The van der Waals surface area contributed by atoms with Gasteiger partial charge in [-0.15, -0.1) is 0 Å². The van der Waals surface area contributed by atoms with Gasteiger partial charge in [-0.3, -0.25) is 29.2 Å². The molecule has 6 bridgehead atoms. The van der Waals surface area contributed by atoms with Gasteiger partial charge in [-0.2, -0.15) is 0 Å². The number of esters is 1. The van der Waals surface area contributed by atoms with Gasteiger partial charge in [-0.05, 0) is 98.7 Å². The Morgan fingerprint density at radius 2 is 1.91 bits per heavy atom. The van der Waals surface area contributed by atoms with Gasteiger partial charge in [0, 0.05) is 74.3 Å². The Morgan fingerprint density at radius 3 is 2.62 bits per heavy atom. The fourth-order valence-corrected chi connectivity index (χ4v) is 9.19. The Balaban J connectivity index is 1.16. The number of hydrogen-bond acceptors (Lipinski definition) is 11. The molecule has 0 saturated carbocycles. The second kappa shape index (κ2) is 18.5. The molecule has 340 valence electrons. The van der Waals surface area contributed by atoms with Gasteiger partial charge >= 0.3 is 5.97 Å². The number of rotatable bonds is 11. The molecule has 2 aromatic heterocycles. The van der Waals surface area contributed by atoms with Gasteiger partial charge in [0.1, 0.15) is 17.8 Å². The highest BCUT2D eigenvalue weighted by Gasteiger charge is 2.41. The van der Waals surface area contributed by atoms with Crippen LogP contribution < -0.4 is 16.1 Å². The third-order valence-corrected chi connectivity index (χ3v) is 13.0. The first-order valence-corrected chi connectivity index (χ1v) is 22.4. The Bertz CT molecular complexity index is 2450. The Kier molecular flexibility index (Phi) is 13.0. The molecule has 3 saturated heterocycles. The molecule has 4 aromatic rings. The molecule has 0 radical (unpaired) electrons. The van der Waals surface area contributed by atoms with Crippen molar-refractivity contribution in [3.63, 3.8) is 0 Å². The lowest BCUT2D eigenvalue weighted by Gasteiger charge is -2.39. The van der Waals surface area contributed by atoms with E-state index >= 15 is 0 Å². The number of hydrazine groups is 1. The minimum atomic E-state index is -1.09. The first-order valence-electron chi connectivity index (χ1n) is 22.4. The first kappa shape index (κ1) is 45.0. The second-order valence-electron chi connectivity index (χ2n) is 18.6. The minimum absolute atomic E-state index is 0.0128. The van der Waals surface area contributed by atoms with E-state index in [9.17, 15) is 24.3 Å². The van der Waals surface area contributed by atoms with Gasteiger partial charge in [0.2, 0.25) is 11.8 Å². The van der Waals surface area contributed by atoms with Crippen LogP contribution in [-0.4, -0.2) is 119 Å². The smallest absolute Gasteiger partial charge is 0.324 e. The van der Waals surface area contributed by atoms with Crippen LogP contribution in [0.2, 0.25) is 0 Å². The zero-order valence-corrected chi connectivity index (χ0v) is 37.7. The molecule has 8 rings (SSSR count). The highest BCUT2D eigenvalue weighted by Crippen LogP contribution is 2.42. The molecule has 0 unspecified atom stereocenters. The molecule has 4 aliphatic rings. The molecule has 4 N–H and O–H groups in total. The van der Waals surface area contributed by atoms with Gasteiger partial charge in [0.25, 0.3) is 5.91 Å². The molecule has 15 nitrogen and oxygen atoms in total. The zero-order valence-electron chi connectivity index (χ0n) is 37.7. The van der Waals surface area contributed by atoms with Gasteiger partial charge in [0.05, 0.1) is 48.8 Å². The molecule has 2 aromatic carbocycles. The van der Waals surface area contributed by atoms with Crippen molar-refractivity contribution in [3.05, 3.63) is 83.7 Å². The summed E-state index contributed by atoms with van der Waals surface area (Å²) in [6.07, 6.45) is 2.89. The number of pyridine rings is 1. The number of aryl methyl sites for hydroxylation is 1. The van der Waals surface area contributed by atoms with Crippen molar-refractivity contribution in [1.82, 2.24) is 35.5 Å². The van der Waals surface area contributed by atoms with E-state index in [1.54, 1.807) is 37.3 Å². The number of hydrogen-bond donors (Lipinski definition) is 4. The number of nitrogens with one attached hydrogen (secondary N) is 3. The van der Waals surface area contributed by atoms with E-state index in [4.69, 9.17) is 19.2 Å². The van der Waals surface area contributed by atoms with Crippen LogP contribution in [0.3, 0.4) is 0 Å². The summed E-state index contributed by atoms with van der Waals surface area (Å²) in [5, 5.41) is 19.7. The number of carbonyl (C=O) groups is 4. The Morgan fingerprint density at radius 1 is 1.12 bits per heavy atom. The second-order valence-corrected chi connectivity index (χ2v) is 18.6. The Hall–Kier alpha value is -5.61. The van der Waals surface area contributed by atoms with Crippen LogP contribution >= 0.6 is 0 Å². The molecule has 3 amide bonds. The number of ether oxygens (including phenoxy) is 3. The van der Waals surface area contributed by atoms with Crippen LogP contribution in [0.1, 0.15) is 70.4 Å². The molecular weight excluding hydrogens is 815 g/mol. The van der Waals surface area contributed by atoms with Crippen LogP contribution in [0.15, 0.2) is 66.9 Å². The van der Waals surface area contributed by atoms with Gasteiger partial charge < -0.3 is 39.4 Å². The number of phenols is 1. The summed E-state index contributed by atoms with van der Waals surface area (Å²) < 4.78 is 20.3. The molecule has 4 aliphatic heterocycles. The lowest BCUT2D eigenvalue weighted by Crippen LogP contribution is -2.61. The highest BCUT2D eigenvalue weighted by molar-refractivity contribution is 5.96. The summed E-state index contributed by atoms with van der Waals surface area (Å²) in [6.45, 7) is 16.8. The van der Waals surface area contributed by atoms with Crippen molar-refractivity contribution < 1.29 is 38.5 Å². The molecule has 6 heterocycles. The molecule has 64 heavy (non-hydrogen) atoms. The van der Waals surface area contributed by atoms with Gasteiger partial charge in [-0.25, -0.2) is 5.43 Å². The molecular formula is C49H61N7O8. The monoisotopic (exact) mass is 875 g/mol. The number of methoxy groups -OCH3 is 1. The number of fused-ring (bicyclic) bond motifs is 6. The predicted molar refractivity (Wildman–Crippen MR) is 242 cm³/mol. The largest absolute Gasteiger partial charge is 0.508 e. The van der Waals surface area contributed by atoms with Crippen LogP contribution in [0, 0.1) is 11.3 Å². The summed E-state index contributed by atoms with van der Waals surface area (Å²) in [5.41, 5.74) is 10.3. The number of likely N-dealkylation sites (tertiary alicyclic amines) is 1. The maximum Gasteiger partial charge on any atom is 0.324 e. The normalized spacial score (nSPS) is 22.2. The molecule has 3 fully saturated rings. The summed E-state index contributed by atoms with van der Waals surface area (Å²) in [6, 6.07) is 13.6. The average Bonchev–Trinajstić information content (AvgIpc) is 4.08. The van der Waals surface area contributed by atoms with E-state index < -0.39 is 41.2 Å². The number of aromatic nitrogens is 2. The van der Waals surface area contributed by atoms with Crippen molar-refractivity contribution in [3.8, 4) is 28.1 Å². The van der Waals surface area contributed by atoms with E-state index in [-0.39, 0.29) is 49.5 Å². The number of benzene rings is 2. The van der Waals surface area contributed by atoms with Crippen LogP contribution in [-0.2, 0) is 52.8 Å². The quantitative estimate of drug-likeness (QED) is 0.0918.